The van der Waals surface area contributed by atoms with Gasteiger partial charge in [-0.3, -0.25) is 0 Å². The average Bonchev–Trinajstić information content (AvgIpc) is 3.26. The number of hydrogen-bond acceptors (Lipinski definition) is 6. The molecule has 3 fully saturated rings. The third-order valence-electron chi connectivity index (χ3n) is 11.3. The van der Waals surface area contributed by atoms with Crippen LogP contribution < -0.4 is 22.6 Å². The smallest absolute Gasteiger partial charge is 0.418 e. The second-order valence-electron chi connectivity index (χ2n) is 15.2. The maximum Gasteiger partial charge on any atom is 0.530 e. The van der Waals surface area contributed by atoms with Gasteiger partial charge in [-0.15, -0.1) is 0 Å². The van der Waals surface area contributed by atoms with Gasteiger partial charge in [0.2, 0.25) is 0 Å². The number of benzene rings is 5. The monoisotopic (exact) mass is 790 g/mol. The lowest BCUT2D eigenvalue weighted by atomic mass is 9.84. The molecule has 56 heavy (non-hydrogen) atoms. The first kappa shape index (κ1) is 40.1. The molecule has 1 N–H and O–H groups in total. The van der Waals surface area contributed by atoms with E-state index in [2.05, 4.69) is 72.8 Å². The molecule has 0 unspecified atom stereocenters. The Labute approximate surface area is 336 Å². The summed E-state index contributed by atoms with van der Waals surface area (Å²) >= 11 is 0. The molecule has 0 heterocycles. The Kier molecular flexibility index (Phi) is 15.4. The Morgan fingerprint density at radius 1 is 0.339 bits per heavy atom. The van der Waals surface area contributed by atoms with Gasteiger partial charge in [-0.1, -0.05) is 149 Å². The molecule has 3 saturated carbocycles. The van der Waals surface area contributed by atoms with E-state index in [1.807, 2.05) is 36.4 Å². The van der Waals surface area contributed by atoms with E-state index in [-0.39, 0.29) is 0 Å². The standard InChI is InChI=1S/C36H45O3P.C12H11O3P/c1-4-16-28(17-5-1)31-22-10-13-25-34(31)37-40(38-35-26-14-11-23-32(35)29-18-6-2-7-19-29)39-36-27-15-12-24-33(36)30-20-8-3-9-21-30;13-16(14-11-7-3-1-4-8-11)15-12-9-5-2-6-10-12/h10-15,22-30H,1-9,16-21H2;1-10,13H. The van der Waals surface area contributed by atoms with Gasteiger partial charge in [-0.2, -0.15) is 0 Å². The normalized spacial score (nSPS) is 16.8. The first-order valence-electron chi connectivity index (χ1n) is 20.8. The molecule has 0 aromatic heterocycles. The van der Waals surface area contributed by atoms with Crippen LogP contribution in [0.15, 0.2) is 133 Å². The van der Waals surface area contributed by atoms with Crippen LogP contribution in [0.4, 0.5) is 0 Å². The largest absolute Gasteiger partial charge is 0.530 e. The Hall–Kier alpha value is -4.08. The van der Waals surface area contributed by atoms with Crippen molar-refractivity contribution in [2.75, 3.05) is 0 Å². The summed E-state index contributed by atoms with van der Waals surface area (Å²) in [6.45, 7) is 0. The van der Waals surface area contributed by atoms with Gasteiger partial charge < -0.3 is 27.5 Å². The quantitative estimate of drug-likeness (QED) is 0.120. The fourth-order valence-corrected chi connectivity index (χ4v) is 10.1. The van der Waals surface area contributed by atoms with E-state index in [0.717, 1.165) is 17.2 Å². The molecule has 0 bridgehead atoms. The molecule has 3 aliphatic carbocycles. The molecule has 0 aliphatic heterocycles. The topological polar surface area (TPSA) is 66.4 Å². The van der Waals surface area contributed by atoms with E-state index in [9.17, 15) is 4.89 Å². The molecular weight excluding hydrogens is 734 g/mol. The van der Waals surface area contributed by atoms with Gasteiger partial charge in [0, 0.05) is 0 Å². The lowest BCUT2D eigenvalue weighted by Gasteiger charge is -2.28. The second kappa shape index (κ2) is 21.4. The minimum Gasteiger partial charge on any atom is -0.418 e. The molecule has 0 saturated heterocycles. The number of hydrogen-bond donors (Lipinski definition) is 1. The van der Waals surface area contributed by atoms with E-state index >= 15 is 0 Å². The Morgan fingerprint density at radius 3 is 0.946 bits per heavy atom. The summed E-state index contributed by atoms with van der Waals surface area (Å²) in [6, 6.07) is 44.0. The highest BCUT2D eigenvalue weighted by atomic mass is 31.2. The highest BCUT2D eigenvalue weighted by Crippen LogP contribution is 2.50. The minimum absolute atomic E-state index is 0.547. The summed E-state index contributed by atoms with van der Waals surface area (Å²) in [5, 5.41) is 0. The maximum atomic E-state index is 9.58. The summed E-state index contributed by atoms with van der Waals surface area (Å²) in [6.07, 6.45) is 19.2. The van der Waals surface area contributed by atoms with Crippen LogP contribution in [0.1, 0.15) is 131 Å². The van der Waals surface area contributed by atoms with Gasteiger partial charge >= 0.3 is 17.2 Å². The van der Waals surface area contributed by atoms with Crippen LogP contribution in [0.2, 0.25) is 0 Å². The molecule has 294 valence electrons. The molecule has 8 rings (SSSR count). The van der Waals surface area contributed by atoms with Crippen molar-refractivity contribution in [2.45, 2.75) is 114 Å². The van der Waals surface area contributed by atoms with Crippen molar-refractivity contribution >= 4 is 17.2 Å². The zero-order valence-electron chi connectivity index (χ0n) is 32.4. The van der Waals surface area contributed by atoms with Crippen LogP contribution in [0.3, 0.4) is 0 Å². The summed E-state index contributed by atoms with van der Waals surface area (Å²) < 4.78 is 30.9. The second-order valence-corrected chi connectivity index (χ2v) is 17.0. The summed E-state index contributed by atoms with van der Waals surface area (Å²) in [5.74, 6) is 5.59. The SMILES string of the molecule is OP(Oc1ccccc1)Oc1ccccc1.c1ccc(C2CCCCC2)c(OP(Oc2ccccc2C2CCCCC2)Oc2ccccc2C2CCCCC2)c1. The highest BCUT2D eigenvalue weighted by molar-refractivity contribution is 7.43. The van der Waals surface area contributed by atoms with E-state index in [1.165, 1.54) is 113 Å². The van der Waals surface area contributed by atoms with Crippen LogP contribution in [0.5, 0.6) is 28.7 Å². The predicted octanol–water partition coefficient (Wildman–Crippen LogP) is 15.0. The molecule has 0 amide bonds. The number of para-hydroxylation sites is 5. The van der Waals surface area contributed by atoms with Gasteiger partial charge in [0.05, 0.1) is 0 Å². The molecule has 8 heteroatoms. The molecule has 5 aromatic rings. The van der Waals surface area contributed by atoms with Crippen molar-refractivity contribution in [1.82, 2.24) is 0 Å². The molecule has 3 aliphatic rings. The van der Waals surface area contributed by atoms with Gasteiger partial charge in [-0.05, 0) is 115 Å². The van der Waals surface area contributed by atoms with Crippen molar-refractivity contribution in [2.24, 2.45) is 0 Å². The Bertz CT molecular complexity index is 1680. The van der Waals surface area contributed by atoms with E-state index < -0.39 is 17.2 Å². The zero-order valence-corrected chi connectivity index (χ0v) is 34.2. The van der Waals surface area contributed by atoms with Gasteiger partial charge in [0.25, 0.3) is 0 Å². The fourth-order valence-electron chi connectivity index (χ4n) is 8.40. The molecule has 6 nitrogen and oxygen atoms in total. The van der Waals surface area contributed by atoms with Gasteiger partial charge in [0.15, 0.2) is 0 Å². The molecule has 0 radical (unpaired) electrons. The third kappa shape index (κ3) is 11.7. The minimum atomic E-state index is -1.93. The van der Waals surface area contributed by atoms with Crippen molar-refractivity contribution in [3.8, 4) is 28.7 Å². The Morgan fingerprint density at radius 2 is 0.625 bits per heavy atom. The van der Waals surface area contributed by atoms with Gasteiger partial charge in [0.1, 0.15) is 28.7 Å². The molecule has 0 spiro atoms. The Balaban J connectivity index is 0.000000251. The van der Waals surface area contributed by atoms with Crippen molar-refractivity contribution < 1.29 is 27.5 Å². The summed E-state index contributed by atoms with van der Waals surface area (Å²) in [5.41, 5.74) is 3.93. The lowest BCUT2D eigenvalue weighted by molar-refractivity contribution is 0.366. The maximum absolute atomic E-state index is 9.58. The van der Waals surface area contributed by atoms with Crippen LogP contribution in [-0.2, 0) is 0 Å². The lowest BCUT2D eigenvalue weighted by Crippen LogP contribution is -2.11. The van der Waals surface area contributed by atoms with E-state index in [4.69, 9.17) is 22.6 Å². The van der Waals surface area contributed by atoms with Crippen LogP contribution >= 0.6 is 17.2 Å². The molecule has 5 aromatic carbocycles. The van der Waals surface area contributed by atoms with E-state index in [1.54, 1.807) is 24.3 Å². The average molecular weight is 791 g/mol. The predicted molar refractivity (Wildman–Crippen MR) is 229 cm³/mol. The summed E-state index contributed by atoms with van der Waals surface area (Å²) in [4.78, 5) is 9.58. The van der Waals surface area contributed by atoms with Crippen molar-refractivity contribution in [1.29, 1.82) is 0 Å². The summed E-state index contributed by atoms with van der Waals surface area (Å²) in [7, 11) is -3.63. The highest BCUT2D eigenvalue weighted by Gasteiger charge is 2.29. The van der Waals surface area contributed by atoms with Crippen molar-refractivity contribution in [3.05, 3.63) is 150 Å². The van der Waals surface area contributed by atoms with Crippen LogP contribution in [0.25, 0.3) is 0 Å². The van der Waals surface area contributed by atoms with Crippen LogP contribution in [-0.4, -0.2) is 4.89 Å². The van der Waals surface area contributed by atoms with Crippen molar-refractivity contribution in [3.63, 3.8) is 0 Å². The first-order chi connectivity index (χ1) is 27.7. The van der Waals surface area contributed by atoms with E-state index in [0.29, 0.717) is 29.3 Å². The fraction of sp³-hybridized carbons (Fsp3) is 0.375. The zero-order chi connectivity index (χ0) is 38.2. The number of rotatable bonds is 13. The van der Waals surface area contributed by atoms with Gasteiger partial charge in [-0.25, -0.2) is 0 Å². The third-order valence-corrected chi connectivity index (χ3v) is 13.0. The molecular formula is C48H56O6P2. The molecule has 0 atom stereocenters. The van der Waals surface area contributed by atoms with Crippen LogP contribution in [0, 0.1) is 0 Å². The first-order valence-corrected chi connectivity index (χ1v) is 23.0.